The van der Waals surface area contributed by atoms with Crippen LogP contribution in [0.25, 0.3) is 0 Å². The molecule has 3 rings (SSSR count). The van der Waals surface area contributed by atoms with Gasteiger partial charge in [0.05, 0.1) is 7.11 Å². The van der Waals surface area contributed by atoms with Gasteiger partial charge < -0.3 is 15.2 Å². The van der Waals surface area contributed by atoms with Crippen molar-refractivity contribution in [1.82, 2.24) is 0 Å². The summed E-state index contributed by atoms with van der Waals surface area (Å²) < 4.78 is 11.6. The van der Waals surface area contributed by atoms with Gasteiger partial charge in [0.15, 0.2) is 0 Å². The predicted molar refractivity (Wildman–Crippen MR) is 80.1 cm³/mol. The molecule has 20 heavy (non-hydrogen) atoms. The number of ether oxygens (including phenoxy) is 2. The average molecular weight is 275 g/mol. The van der Waals surface area contributed by atoms with Crippen LogP contribution >= 0.6 is 0 Å². The number of methoxy groups -OCH3 is 1. The van der Waals surface area contributed by atoms with Crippen LogP contribution in [0.1, 0.15) is 56.6 Å². The molecule has 3 nitrogen and oxygen atoms in total. The molecule has 1 aromatic carbocycles. The minimum Gasteiger partial charge on any atom is -0.497 e. The number of rotatable bonds is 2. The van der Waals surface area contributed by atoms with Crippen molar-refractivity contribution in [2.45, 2.75) is 57.1 Å². The topological polar surface area (TPSA) is 44.5 Å². The second kappa shape index (κ2) is 6.04. The molecule has 2 N–H and O–H groups in total. The summed E-state index contributed by atoms with van der Waals surface area (Å²) in [4.78, 5) is 0. The number of hydrogen-bond acceptors (Lipinski definition) is 3. The highest BCUT2D eigenvalue weighted by atomic mass is 16.5. The van der Waals surface area contributed by atoms with Crippen LogP contribution in [0.2, 0.25) is 0 Å². The van der Waals surface area contributed by atoms with Crippen LogP contribution in [0, 0.1) is 5.92 Å². The van der Waals surface area contributed by atoms with E-state index in [-0.39, 0.29) is 12.1 Å². The highest BCUT2D eigenvalue weighted by molar-refractivity contribution is 5.43. The van der Waals surface area contributed by atoms with E-state index in [1.165, 1.54) is 38.5 Å². The fraction of sp³-hybridized carbons (Fsp3) is 0.647. The fourth-order valence-electron chi connectivity index (χ4n) is 3.61. The standard InChI is InChI=1S/C17H25NO2/c1-19-13-8-9-14-15(18)11-16(20-17(14)10-13)12-6-4-2-3-5-7-12/h8-10,12,15-16H,2-7,11,18H2,1H3/t15-,16?/m0/s1. The van der Waals surface area contributed by atoms with Crippen molar-refractivity contribution in [2.24, 2.45) is 11.7 Å². The summed E-state index contributed by atoms with van der Waals surface area (Å²) in [5, 5.41) is 0. The van der Waals surface area contributed by atoms with E-state index in [9.17, 15) is 0 Å². The Labute approximate surface area is 121 Å². The van der Waals surface area contributed by atoms with Gasteiger partial charge >= 0.3 is 0 Å². The molecule has 1 heterocycles. The number of hydrogen-bond donors (Lipinski definition) is 1. The number of benzene rings is 1. The molecule has 0 amide bonds. The van der Waals surface area contributed by atoms with Crippen molar-refractivity contribution >= 4 is 0 Å². The van der Waals surface area contributed by atoms with Crippen LogP contribution in [0.3, 0.4) is 0 Å². The second-order valence-electron chi connectivity index (χ2n) is 6.15. The normalized spacial score (nSPS) is 27.3. The maximum Gasteiger partial charge on any atom is 0.128 e. The third kappa shape index (κ3) is 2.78. The van der Waals surface area contributed by atoms with Gasteiger partial charge in [-0.1, -0.05) is 31.7 Å². The van der Waals surface area contributed by atoms with E-state index in [1.54, 1.807) is 7.11 Å². The summed E-state index contributed by atoms with van der Waals surface area (Å²) in [7, 11) is 1.69. The lowest BCUT2D eigenvalue weighted by molar-refractivity contribution is 0.0902. The Bertz CT molecular complexity index is 452. The Morgan fingerprint density at radius 1 is 1.15 bits per heavy atom. The SMILES string of the molecule is COc1ccc2c(c1)OC(C1CCCCCC1)C[C@@H]2N. The van der Waals surface area contributed by atoms with Crippen LogP contribution < -0.4 is 15.2 Å². The van der Waals surface area contributed by atoms with Gasteiger partial charge in [-0.2, -0.15) is 0 Å². The van der Waals surface area contributed by atoms with Crippen molar-refractivity contribution in [1.29, 1.82) is 0 Å². The molecule has 0 radical (unpaired) electrons. The van der Waals surface area contributed by atoms with Crippen molar-refractivity contribution in [2.75, 3.05) is 7.11 Å². The van der Waals surface area contributed by atoms with Crippen LogP contribution in [0.4, 0.5) is 0 Å². The first kappa shape index (κ1) is 13.7. The Hall–Kier alpha value is -1.22. The molecule has 0 saturated heterocycles. The number of nitrogens with two attached hydrogens (primary N) is 1. The molecule has 2 atom stereocenters. The minimum absolute atomic E-state index is 0.0953. The summed E-state index contributed by atoms with van der Waals surface area (Å²) >= 11 is 0. The van der Waals surface area contributed by atoms with Gasteiger partial charge in [0.1, 0.15) is 17.6 Å². The van der Waals surface area contributed by atoms with Gasteiger partial charge in [-0.3, -0.25) is 0 Å². The zero-order valence-electron chi connectivity index (χ0n) is 12.3. The Morgan fingerprint density at radius 3 is 2.60 bits per heavy atom. The summed E-state index contributed by atoms with van der Waals surface area (Å²) in [6.07, 6.45) is 9.23. The van der Waals surface area contributed by atoms with E-state index in [4.69, 9.17) is 15.2 Å². The summed E-state index contributed by atoms with van der Waals surface area (Å²) in [5.41, 5.74) is 7.47. The van der Waals surface area contributed by atoms with Crippen LogP contribution in [0.15, 0.2) is 18.2 Å². The molecular formula is C17H25NO2. The fourth-order valence-corrected chi connectivity index (χ4v) is 3.61. The Kier molecular flexibility index (Phi) is 4.16. The van der Waals surface area contributed by atoms with Gasteiger partial charge in [-0.15, -0.1) is 0 Å². The van der Waals surface area contributed by atoms with E-state index in [0.717, 1.165) is 23.5 Å². The lowest BCUT2D eigenvalue weighted by Gasteiger charge is -2.35. The monoisotopic (exact) mass is 275 g/mol. The van der Waals surface area contributed by atoms with Gasteiger partial charge in [-0.25, -0.2) is 0 Å². The average Bonchev–Trinajstić information content (AvgIpc) is 2.75. The van der Waals surface area contributed by atoms with Gasteiger partial charge in [0, 0.05) is 24.1 Å². The lowest BCUT2D eigenvalue weighted by Crippen LogP contribution is -2.35. The first-order valence-electron chi connectivity index (χ1n) is 7.88. The summed E-state index contributed by atoms with van der Waals surface area (Å²) in [6.45, 7) is 0. The zero-order valence-corrected chi connectivity index (χ0v) is 12.3. The molecule has 1 saturated carbocycles. The van der Waals surface area contributed by atoms with Gasteiger partial charge in [0.25, 0.3) is 0 Å². The van der Waals surface area contributed by atoms with E-state index in [1.807, 2.05) is 18.2 Å². The lowest BCUT2D eigenvalue weighted by atomic mass is 9.86. The summed E-state index contributed by atoms with van der Waals surface area (Å²) in [5.74, 6) is 2.44. The van der Waals surface area contributed by atoms with Crippen molar-refractivity contribution in [3.05, 3.63) is 23.8 Å². The van der Waals surface area contributed by atoms with E-state index in [2.05, 4.69) is 0 Å². The van der Waals surface area contributed by atoms with Crippen molar-refractivity contribution < 1.29 is 9.47 Å². The quantitative estimate of drug-likeness (QED) is 0.835. The minimum atomic E-state index is 0.0953. The Morgan fingerprint density at radius 2 is 1.90 bits per heavy atom. The first-order chi connectivity index (χ1) is 9.78. The molecule has 0 spiro atoms. The molecule has 2 aliphatic rings. The molecule has 1 aliphatic heterocycles. The van der Waals surface area contributed by atoms with Crippen molar-refractivity contribution in [3.8, 4) is 11.5 Å². The van der Waals surface area contributed by atoms with E-state index >= 15 is 0 Å². The third-order valence-electron chi connectivity index (χ3n) is 4.81. The Balaban J connectivity index is 1.79. The molecular weight excluding hydrogens is 250 g/mol. The smallest absolute Gasteiger partial charge is 0.128 e. The molecule has 1 aromatic rings. The molecule has 110 valence electrons. The largest absolute Gasteiger partial charge is 0.497 e. The van der Waals surface area contributed by atoms with Crippen LogP contribution in [-0.4, -0.2) is 13.2 Å². The number of fused-ring (bicyclic) bond motifs is 1. The molecule has 3 heteroatoms. The van der Waals surface area contributed by atoms with Crippen LogP contribution in [0.5, 0.6) is 11.5 Å². The van der Waals surface area contributed by atoms with E-state index < -0.39 is 0 Å². The maximum absolute atomic E-state index is 6.35. The van der Waals surface area contributed by atoms with Crippen molar-refractivity contribution in [3.63, 3.8) is 0 Å². The summed E-state index contributed by atoms with van der Waals surface area (Å²) in [6, 6.07) is 6.09. The second-order valence-corrected chi connectivity index (χ2v) is 6.15. The highest BCUT2D eigenvalue weighted by Gasteiger charge is 2.32. The molecule has 1 fully saturated rings. The molecule has 1 aliphatic carbocycles. The highest BCUT2D eigenvalue weighted by Crippen LogP contribution is 2.40. The predicted octanol–water partition coefficient (Wildman–Crippen LogP) is 3.82. The van der Waals surface area contributed by atoms with E-state index in [0.29, 0.717) is 5.92 Å². The molecule has 0 aromatic heterocycles. The molecule has 1 unspecified atom stereocenters. The third-order valence-corrected chi connectivity index (χ3v) is 4.81. The van der Waals surface area contributed by atoms with Crippen LogP contribution in [-0.2, 0) is 0 Å². The zero-order chi connectivity index (χ0) is 13.9. The van der Waals surface area contributed by atoms with Gasteiger partial charge in [0.2, 0.25) is 0 Å². The van der Waals surface area contributed by atoms with Gasteiger partial charge in [-0.05, 0) is 24.8 Å². The first-order valence-corrected chi connectivity index (χ1v) is 7.88. The molecule has 0 bridgehead atoms. The maximum atomic E-state index is 6.35.